The lowest BCUT2D eigenvalue weighted by atomic mass is 9.82. The maximum Gasteiger partial charge on any atom is 0.410 e. The van der Waals surface area contributed by atoms with E-state index in [-0.39, 0.29) is 12.6 Å². The summed E-state index contributed by atoms with van der Waals surface area (Å²) in [5, 5.41) is 0. The fraction of sp³-hybridized carbons (Fsp3) is 0.667. The lowest BCUT2D eigenvalue weighted by Crippen LogP contribution is -2.61. The highest BCUT2D eigenvalue weighted by Crippen LogP contribution is 2.36. The summed E-state index contributed by atoms with van der Waals surface area (Å²) in [7, 11) is 2.37. The van der Waals surface area contributed by atoms with E-state index in [1.807, 2.05) is 30.3 Å². The molecule has 3 aliphatic rings. The molecule has 0 aromatic heterocycles. The minimum Gasteiger partial charge on any atom is -0.464 e. The first kappa shape index (κ1) is 21.2. The third kappa shape index (κ3) is 4.64. The molecule has 4 atom stereocenters. The van der Waals surface area contributed by atoms with Gasteiger partial charge in [0.1, 0.15) is 12.6 Å². The van der Waals surface area contributed by atoms with Crippen molar-refractivity contribution >= 4 is 12.1 Å². The molecule has 0 radical (unpaired) electrons. The highest BCUT2D eigenvalue weighted by Gasteiger charge is 2.44. The highest BCUT2D eigenvalue weighted by atomic mass is 16.6. The van der Waals surface area contributed by atoms with Crippen molar-refractivity contribution in [3.05, 3.63) is 35.9 Å². The Morgan fingerprint density at radius 3 is 2.63 bits per heavy atom. The third-order valence-electron chi connectivity index (χ3n) is 7.41. The SMILES string of the molecule is C[N+]12CCCC[C@H]1[C@@H](COC(=O)[C@@H]1CCCN1C(=O)OCc1ccccc1)CCC2. The van der Waals surface area contributed by atoms with E-state index in [2.05, 4.69) is 7.05 Å². The van der Waals surface area contributed by atoms with Crippen LogP contribution in [0, 0.1) is 5.92 Å². The molecule has 3 heterocycles. The lowest BCUT2D eigenvalue weighted by molar-refractivity contribution is -0.947. The van der Waals surface area contributed by atoms with Gasteiger partial charge in [0.2, 0.25) is 0 Å². The molecular formula is C24H35N2O4+. The topological polar surface area (TPSA) is 55.8 Å². The van der Waals surface area contributed by atoms with E-state index >= 15 is 0 Å². The number of amides is 1. The first-order valence-corrected chi connectivity index (χ1v) is 11.5. The van der Waals surface area contributed by atoms with E-state index < -0.39 is 12.1 Å². The van der Waals surface area contributed by atoms with Gasteiger partial charge in [-0.15, -0.1) is 0 Å². The van der Waals surface area contributed by atoms with Crippen LogP contribution in [0.5, 0.6) is 0 Å². The Kier molecular flexibility index (Phi) is 6.61. The second kappa shape index (κ2) is 9.38. The molecule has 30 heavy (non-hydrogen) atoms. The van der Waals surface area contributed by atoms with Crippen molar-refractivity contribution in [2.24, 2.45) is 5.92 Å². The average Bonchev–Trinajstić information content (AvgIpc) is 3.26. The second-order valence-electron chi connectivity index (χ2n) is 9.41. The molecule has 0 N–H and O–H groups in total. The number of ether oxygens (including phenoxy) is 2. The minimum absolute atomic E-state index is 0.220. The molecule has 1 unspecified atom stereocenters. The van der Waals surface area contributed by atoms with Gasteiger partial charge in [0, 0.05) is 18.9 Å². The van der Waals surface area contributed by atoms with Gasteiger partial charge in [-0.25, -0.2) is 9.59 Å². The Bertz CT molecular complexity index is 736. The van der Waals surface area contributed by atoms with Crippen molar-refractivity contribution < 1.29 is 23.5 Å². The minimum atomic E-state index is -0.510. The van der Waals surface area contributed by atoms with Gasteiger partial charge in [-0.1, -0.05) is 30.3 Å². The number of carbonyl (C=O) groups is 2. The summed E-state index contributed by atoms with van der Waals surface area (Å²) in [5.74, 6) is 0.174. The molecule has 1 aromatic carbocycles. The van der Waals surface area contributed by atoms with E-state index in [0.29, 0.717) is 31.5 Å². The zero-order valence-electron chi connectivity index (χ0n) is 18.1. The van der Waals surface area contributed by atoms with Crippen molar-refractivity contribution in [3.63, 3.8) is 0 Å². The normalized spacial score (nSPS) is 31.1. The molecule has 164 valence electrons. The number of fused-ring (bicyclic) bond motifs is 1. The number of likely N-dealkylation sites (tertiary alicyclic amines) is 1. The first-order chi connectivity index (χ1) is 14.6. The summed E-state index contributed by atoms with van der Waals surface area (Å²) in [4.78, 5) is 27.0. The fourth-order valence-electron chi connectivity index (χ4n) is 5.75. The van der Waals surface area contributed by atoms with Crippen LogP contribution >= 0.6 is 0 Å². The second-order valence-corrected chi connectivity index (χ2v) is 9.41. The number of hydrogen-bond acceptors (Lipinski definition) is 4. The van der Waals surface area contributed by atoms with Crippen molar-refractivity contribution in [1.82, 2.24) is 4.90 Å². The molecule has 3 aliphatic heterocycles. The molecular weight excluding hydrogens is 380 g/mol. The maximum atomic E-state index is 12.8. The van der Waals surface area contributed by atoms with Crippen LogP contribution in [0.4, 0.5) is 4.79 Å². The van der Waals surface area contributed by atoms with E-state index in [0.717, 1.165) is 22.9 Å². The van der Waals surface area contributed by atoms with E-state index in [1.54, 1.807) is 4.90 Å². The van der Waals surface area contributed by atoms with Crippen LogP contribution in [-0.4, -0.2) is 66.8 Å². The molecule has 3 saturated heterocycles. The molecule has 1 aromatic rings. The number of hydrogen-bond donors (Lipinski definition) is 0. The Hall–Kier alpha value is -2.08. The Balaban J connectivity index is 1.29. The average molecular weight is 416 g/mol. The molecule has 4 rings (SSSR count). The number of benzene rings is 1. The molecule has 1 amide bonds. The van der Waals surface area contributed by atoms with Crippen LogP contribution in [0.25, 0.3) is 0 Å². The summed E-state index contributed by atoms with van der Waals surface area (Å²) >= 11 is 0. The molecule has 0 bridgehead atoms. The van der Waals surface area contributed by atoms with Gasteiger partial charge in [0.25, 0.3) is 0 Å². The molecule has 0 saturated carbocycles. The Labute approximate surface area is 179 Å². The number of nitrogens with zero attached hydrogens (tertiary/aromatic N) is 2. The van der Waals surface area contributed by atoms with Crippen LogP contribution < -0.4 is 0 Å². The third-order valence-corrected chi connectivity index (χ3v) is 7.41. The van der Waals surface area contributed by atoms with E-state index in [4.69, 9.17) is 9.47 Å². The monoisotopic (exact) mass is 415 g/mol. The van der Waals surface area contributed by atoms with Gasteiger partial charge < -0.3 is 14.0 Å². The maximum absolute atomic E-state index is 12.8. The Morgan fingerprint density at radius 2 is 1.80 bits per heavy atom. The predicted octanol–water partition coefficient (Wildman–Crippen LogP) is 3.74. The van der Waals surface area contributed by atoms with Gasteiger partial charge in [-0.2, -0.15) is 0 Å². The van der Waals surface area contributed by atoms with Gasteiger partial charge >= 0.3 is 12.1 Å². The molecule has 6 heteroatoms. The smallest absolute Gasteiger partial charge is 0.410 e. The van der Waals surface area contributed by atoms with Crippen molar-refractivity contribution in [2.75, 3.05) is 33.3 Å². The number of carbonyl (C=O) groups excluding carboxylic acids is 2. The first-order valence-electron chi connectivity index (χ1n) is 11.5. The summed E-state index contributed by atoms with van der Waals surface area (Å²) < 4.78 is 12.4. The summed E-state index contributed by atoms with van der Waals surface area (Å²) in [6.45, 7) is 3.75. The molecule has 0 spiro atoms. The van der Waals surface area contributed by atoms with Crippen molar-refractivity contribution in [3.8, 4) is 0 Å². The number of piperidine rings is 2. The zero-order valence-corrected chi connectivity index (χ0v) is 18.1. The van der Waals surface area contributed by atoms with Crippen LogP contribution in [0.1, 0.15) is 50.5 Å². The van der Waals surface area contributed by atoms with Crippen LogP contribution in [0.3, 0.4) is 0 Å². The fourth-order valence-corrected chi connectivity index (χ4v) is 5.75. The highest BCUT2D eigenvalue weighted by molar-refractivity contribution is 5.82. The van der Waals surface area contributed by atoms with Gasteiger partial charge in [-0.3, -0.25) is 4.90 Å². The van der Waals surface area contributed by atoms with E-state index in [1.165, 1.54) is 38.8 Å². The molecule has 0 aliphatic carbocycles. The Morgan fingerprint density at radius 1 is 1.00 bits per heavy atom. The van der Waals surface area contributed by atoms with E-state index in [9.17, 15) is 9.59 Å². The summed E-state index contributed by atoms with van der Waals surface area (Å²) in [6, 6.07) is 9.70. The summed E-state index contributed by atoms with van der Waals surface area (Å²) in [6.07, 6.45) is 7.21. The van der Waals surface area contributed by atoms with Gasteiger partial charge in [0.15, 0.2) is 0 Å². The van der Waals surface area contributed by atoms with Gasteiger partial charge in [-0.05, 0) is 44.1 Å². The number of quaternary nitrogens is 1. The zero-order chi connectivity index (χ0) is 21.0. The quantitative estimate of drug-likeness (QED) is 0.543. The standard InChI is InChI=1S/C24H35N2O4/c1-26-15-6-5-13-22(26)20(11-8-16-26)18-29-23(27)21-12-7-14-25(21)24(28)30-17-19-9-3-2-4-10-19/h2-4,9-10,20-22H,5-8,11-18H2,1H3/q+1/t20-,21+,22+,26?/m1/s1. The number of esters is 1. The summed E-state index contributed by atoms with van der Waals surface area (Å²) in [5.41, 5.74) is 0.940. The molecule has 3 fully saturated rings. The largest absolute Gasteiger partial charge is 0.464 e. The van der Waals surface area contributed by atoms with Crippen molar-refractivity contribution in [2.45, 2.75) is 63.6 Å². The van der Waals surface area contributed by atoms with Gasteiger partial charge in [0.05, 0.1) is 32.8 Å². The molecule has 6 nitrogen and oxygen atoms in total. The van der Waals surface area contributed by atoms with Crippen LogP contribution in [-0.2, 0) is 20.9 Å². The van der Waals surface area contributed by atoms with Crippen LogP contribution in [0.2, 0.25) is 0 Å². The van der Waals surface area contributed by atoms with Crippen LogP contribution in [0.15, 0.2) is 30.3 Å². The number of rotatable bonds is 5. The lowest BCUT2D eigenvalue weighted by Gasteiger charge is -2.51. The predicted molar refractivity (Wildman–Crippen MR) is 114 cm³/mol. The van der Waals surface area contributed by atoms with Crippen molar-refractivity contribution in [1.29, 1.82) is 0 Å².